The summed E-state index contributed by atoms with van der Waals surface area (Å²) in [6, 6.07) is 5.94. The van der Waals surface area contributed by atoms with Crippen LogP contribution in [-0.4, -0.2) is 75.1 Å². The Morgan fingerprint density at radius 1 is 1.22 bits per heavy atom. The van der Waals surface area contributed by atoms with Crippen LogP contribution < -0.4 is 4.72 Å². The Hall–Kier alpha value is -1.48. The molecule has 1 fully saturated rings. The molecule has 7 nitrogen and oxygen atoms in total. The van der Waals surface area contributed by atoms with Gasteiger partial charge in [-0.15, -0.1) is 0 Å². The average Bonchev–Trinajstić information content (AvgIpc) is 2.54. The number of hydrogen-bond donors (Lipinski definition) is 2. The van der Waals surface area contributed by atoms with Crippen molar-refractivity contribution in [2.24, 2.45) is 0 Å². The van der Waals surface area contributed by atoms with Gasteiger partial charge in [-0.3, -0.25) is 9.69 Å². The molecule has 128 valence electrons. The monoisotopic (exact) mass is 341 g/mol. The third-order valence-electron chi connectivity index (χ3n) is 3.86. The molecule has 23 heavy (non-hydrogen) atoms. The van der Waals surface area contributed by atoms with E-state index in [0.717, 1.165) is 13.1 Å². The number of aliphatic hydroxyl groups excluding tert-OH is 1. The molecule has 2 rings (SSSR count). The summed E-state index contributed by atoms with van der Waals surface area (Å²) in [7, 11) is -2.14. The SMILES string of the molecule is CNS(=O)(=O)c1ccc(C(=O)N2CCN(CC(C)O)CC2)cc1. The number of β-amino-alcohol motifs (C(OH)–C–C–N with tert-alkyl or cyclic N) is 1. The quantitative estimate of drug-likeness (QED) is 0.770. The second-order valence-electron chi connectivity index (χ2n) is 5.67. The van der Waals surface area contributed by atoms with Gasteiger partial charge in [-0.2, -0.15) is 0 Å². The average molecular weight is 341 g/mol. The van der Waals surface area contributed by atoms with Gasteiger partial charge in [0.15, 0.2) is 0 Å². The summed E-state index contributed by atoms with van der Waals surface area (Å²) >= 11 is 0. The summed E-state index contributed by atoms with van der Waals surface area (Å²) < 4.78 is 25.6. The minimum Gasteiger partial charge on any atom is -0.392 e. The lowest BCUT2D eigenvalue weighted by atomic mass is 10.2. The third-order valence-corrected chi connectivity index (χ3v) is 5.29. The molecule has 0 radical (unpaired) electrons. The Balaban J connectivity index is 1.99. The number of rotatable bonds is 5. The fourth-order valence-corrected chi connectivity index (χ4v) is 3.31. The van der Waals surface area contributed by atoms with Crippen LogP contribution in [0.4, 0.5) is 0 Å². The van der Waals surface area contributed by atoms with Gasteiger partial charge in [-0.25, -0.2) is 13.1 Å². The normalized spacial score (nSPS) is 18.0. The molecule has 1 aromatic carbocycles. The first-order chi connectivity index (χ1) is 10.8. The van der Waals surface area contributed by atoms with Gasteiger partial charge in [0, 0.05) is 38.3 Å². The molecule has 0 aliphatic carbocycles. The van der Waals surface area contributed by atoms with E-state index in [-0.39, 0.29) is 16.9 Å². The van der Waals surface area contributed by atoms with E-state index in [1.54, 1.807) is 11.8 Å². The number of nitrogens with one attached hydrogen (secondary N) is 1. The molecular formula is C15H23N3O4S. The van der Waals surface area contributed by atoms with Crippen molar-refractivity contribution in [2.45, 2.75) is 17.9 Å². The molecule has 1 amide bonds. The zero-order chi connectivity index (χ0) is 17.0. The minimum absolute atomic E-state index is 0.102. The van der Waals surface area contributed by atoms with Crippen molar-refractivity contribution in [3.8, 4) is 0 Å². The first-order valence-corrected chi connectivity index (χ1v) is 9.05. The van der Waals surface area contributed by atoms with E-state index in [1.165, 1.54) is 31.3 Å². The van der Waals surface area contributed by atoms with Crippen LogP contribution in [0.25, 0.3) is 0 Å². The van der Waals surface area contributed by atoms with Crippen LogP contribution in [0.2, 0.25) is 0 Å². The molecule has 1 atom stereocenters. The molecule has 0 aromatic heterocycles. The number of nitrogens with zero attached hydrogens (tertiary/aromatic N) is 2. The highest BCUT2D eigenvalue weighted by Gasteiger charge is 2.23. The van der Waals surface area contributed by atoms with Crippen LogP contribution in [0.5, 0.6) is 0 Å². The molecule has 1 unspecified atom stereocenters. The molecule has 1 aliphatic heterocycles. The molecule has 1 aromatic rings. The number of carbonyl (C=O) groups excluding carboxylic acids is 1. The standard InChI is InChI=1S/C15H23N3O4S/c1-12(19)11-17-7-9-18(10-8-17)15(20)13-3-5-14(6-4-13)23(21,22)16-2/h3-6,12,16,19H,7-11H2,1-2H3. The van der Waals surface area contributed by atoms with Crippen LogP contribution in [-0.2, 0) is 10.0 Å². The van der Waals surface area contributed by atoms with Crippen molar-refractivity contribution in [1.29, 1.82) is 0 Å². The van der Waals surface area contributed by atoms with Gasteiger partial charge in [-0.1, -0.05) is 0 Å². The lowest BCUT2D eigenvalue weighted by Gasteiger charge is -2.35. The highest BCUT2D eigenvalue weighted by Crippen LogP contribution is 2.13. The Morgan fingerprint density at radius 3 is 2.26 bits per heavy atom. The maximum atomic E-state index is 12.5. The summed E-state index contributed by atoms with van der Waals surface area (Å²) in [6.45, 7) is 5.01. The number of carbonyl (C=O) groups is 1. The zero-order valence-electron chi connectivity index (χ0n) is 13.4. The lowest BCUT2D eigenvalue weighted by Crippen LogP contribution is -2.50. The largest absolute Gasteiger partial charge is 0.392 e. The second kappa shape index (κ2) is 7.39. The summed E-state index contributed by atoms with van der Waals surface area (Å²) in [4.78, 5) is 16.5. The Bertz CT molecular complexity index is 635. The Morgan fingerprint density at radius 2 is 1.78 bits per heavy atom. The van der Waals surface area contributed by atoms with E-state index in [0.29, 0.717) is 25.2 Å². The van der Waals surface area contributed by atoms with Crippen LogP contribution >= 0.6 is 0 Å². The van der Waals surface area contributed by atoms with Gasteiger partial charge in [-0.05, 0) is 38.2 Å². The van der Waals surface area contributed by atoms with Crippen molar-refractivity contribution < 1.29 is 18.3 Å². The second-order valence-corrected chi connectivity index (χ2v) is 7.56. The first kappa shape index (κ1) is 17.9. The smallest absolute Gasteiger partial charge is 0.253 e. The van der Waals surface area contributed by atoms with Crippen LogP contribution in [0.1, 0.15) is 17.3 Å². The molecule has 1 heterocycles. The summed E-state index contributed by atoms with van der Waals surface area (Å²) in [5.74, 6) is -0.102. The van der Waals surface area contributed by atoms with E-state index < -0.39 is 10.0 Å². The maximum absolute atomic E-state index is 12.5. The van der Waals surface area contributed by atoms with Crippen molar-refractivity contribution in [1.82, 2.24) is 14.5 Å². The van der Waals surface area contributed by atoms with Gasteiger partial charge in [0.05, 0.1) is 11.0 Å². The Kier molecular flexibility index (Phi) is 5.74. The van der Waals surface area contributed by atoms with E-state index in [1.807, 2.05) is 0 Å². The minimum atomic E-state index is -3.49. The van der Waals surface area contributed by atoms with Crippen LogP contribution in [0, 0.1) is 0 Å². The van der Waals surface area contributed by atoms with Crippen molar-refractivity contribution in [3.05, 3.63) is 29.8 Å². The van der Waals surface area contributed by atoms with E-state index in [9.17, 15) is 18.3 Å². The third kappa shape index (κ3) is 4.51. The fraction of sp³-hybridized carbons (Fsp3) is 0.533. The fourth-order valence-electron chi connectivity index (χ4n) is 2.58. The number of benzene rings is 1. The van der Waals surface area contributed by atoms with Gasteiger partial charge in [0.2, 0.25) is 10.0 Å². The van der Waals surface area contributed by atoms with E-state index in [4.69, 9.17) is 0 Å². The number of sulfonamides is 1. The van der Waals surface area contributed by atoms with Crippen molar-refractivity contribution >= 4 is 15.9 Å². The lowest BCUT2D eigenvalue weighted by molar-refractivity contribution is 0.0554. The summed E-state index contributed by atoms with van der Waals surface area (Å²) in [5, 5.41) is 9.39. The van der Waals surface area contributed by atoms with Gasteiger partial charge < -0.3 is 10.0 Å². The molecule has 0 bridgehead atoms. The van der Waals surface area contributed by atoms with Gasteiger partial charge in [0.25, 0.3) is 5.91 Å². The molecule has 2 N–H and O–H groups in total. The van der Waals surface area contributed by atoms with E-state index >= 15 is 0 Å². The van der Waals surface area contributed by atoms with Crippen molar-refractivity contribution in [2.75, 3.05) is 39.8 Å². The van der Waals surface area contributed by atoms with Crippen LogP contribution in [0.3, 0.4) is 0 Å². The summed E-state index contributed by atoms with van der Waals surface area (Å²) in [5.41, 5.74) is 0.476. The predicted octanol–water partition coefficient (Wildman–Crippen LogP) is -0.267. The van der Waals surface area contributed by atoms with Crippen LogP contribution in [0.15, 0.2) is 29.2 Å². The highest BCUT2D eigenvalue weighted by atomic mass is 32.2. The molecule has 1 saturated heterocycles. The number of hydrogen-bond acceptors (Lipinski definition) is 5. The number of amides is 1. The number of piperazine rings is 1. The van der Waals surface area contributed by atoms with Crippen molar-refractivity contribution in [3.63, 3.8) is 0 Å². The van der Waals surface area contributed by atoms with Gasteiger partial charge >= 0.3 is 0 Å². The zero-order valence-corrected chi connectivity index (χ0v) is 14.2. The predicted molar refractivity (Wildman–Crippen MR) is 86.7 cm³/mol. The molecular weight excluding hydrogens is 318 g/mol. The van der Waals surface area contributed by atoms with Gasteiger partial charge in [0.1, 0.15) is 0 Å². The molecule has 0 saturated carbocycles. The first-order valence-electron chi connectivity index (χ1n) is 7.57. The molecule has 0 spiro atoms. The Labute approximate surface area is 136 Å². The topological polar surface area (TPSA) is 90.0 Å². The molecule has 1 aliphatic rings. The highest BCUT2D eigenvalue weighted by molar-refractivity contribution is 7.89. The summed E-state index contributed by atoms with van der Waals surface area (Å²) in [6.07, 6.45) is -0.376. The number of aliphatic hydroxyl groups is 1. The van der Waals surface area contributed by atoms with E-state index in [2.05, 4.69) is 9.62 Å². The maximum Gasteiger partial charge on any atom is 0.253 e. The molecule has 8 heteroatoms.